The van der Waals surface area contributed by atoms with E-state index in [1.54, 1.807) is 24.3 Å². The maximum Gasteiger partial charge on any atom is 0.231 e. The Morgan fingerprint density at radius 3 is 2.57 bits per heavy atom. The number of benzene rings is 3. The molecule has 0 spiro atoms. The van der Waals surface area contributed by atoms with Gasteiger partial charge in [-0.3, -0.25) is 0 Å². The van der Waals surface area contributed by atoms with E-state index in [0.717, 1.165) is 10.2 Å². The fourth-order valence-electron chi connectivity index (χ4n) is 2.44. The Balaban J connectivity index is 1.82. The van der Waals surface area contributed by atoms with E-state index in [-0.39, 0.29) is 11.5 Å². The van der Waals surface area contributed by atoms with Crippen LogP contribution in [0.5, 0.6) is 11.5 Å². The van der Waals surface area contributed by atoms with E-state index in [4.69, 9.17) is 0 Å². The maximum absolute atomic E-state index is 10.1. The van der Waals surface area contributed by atoms with Crippen molar-refractivity contribution in [3.05, 3.63) is 54.6 Å². The van der Waals surface area contributed by atoms with E-state index < -0.39 is 0 Å². The van der Waals surface area contributed by atoms with Gasteiger partial charge in [0.05, 0.1) is 21.3 Å². The normalized spacial score (nSPS) is 11.7. The van der Waals surface area contributed by atoms with Crippen LogP contribution in [0.2, 0.25) is 0 Å². The molecule has 0 atom stereocenters. The summed E-state index contributed by atoms with van der Waals surface area (Å²) >= 11 is 1.45. The first kappa shape index (κ1) is 13.7. The van der Waals surface area contributed by atoms with E-state index >= 15 is 0 Å². The Morgan fingerprint density at radius 1 is 0.826 bits per heavy atom. The zero-order valence-corrected chi connectivity index (χ0v) is 12.7. The lowest BCUT2D eigenvalue weighted by atomic mass is 10.1. The molecule has 23 heavy (non-hydrogen) atoms. The summed E-state index contributed by atoms with van der Waals surface area (Å²) < 4.78 is 1.04. The fourth-order valence-corrected chi connectivity index (χ4v) is 3.22. The molecule has 0 fully saturated rings. The van der Waals surface area contributed by atoms with Crippen molar-refractivity contribution in [3.63, 3.8) is 0 Å². The predicted molar refractivity (Wildman–Crippen MR) is 91.1 cm³/mol. The van der Waals surface area contributed by atoms with Gasteiger partial charge in [0, 0.05) is 5.39 Å². The van der Waals surface area contributed by atoms with Crippen molar-refractivity contribution in [3.8, 4) is 11.5 Å². The van der Waals surface area contributed by atoms with Crippen LogP contribution >= 0.6 is 11.3 Å². The number of aromatic hydroxyl groups is 2. The van der Waals surface area contributed by atoms with Crippen molar-refractivity contribution in [1.29, 1.82) is 0 Å². The second-order valence-electron chi connectivity index (χ2n) is 4.97. The highest BCUT2D eigenvalue weighted by atomic mass is 32.1. The number of nitrogens with zero attached hydrogens (tertiary/aromatic N) is 3. The number of aromatic nitrogens is 1. The Bertz CT molecular complexity index is 1020. The molecule has 4 rings (SSSR count). The van der Waals surface area contributed by atoms with Gasteiger partial charge in [0.2, 0.25) is 5.13 Å². The van der Waals surface area contributed by atoms with E-state index in [0.29, 0.717) is 21.6 Å². The van der Waals surface area contributed by atoms with Crippen LogP contribution < -0.4 is 0 Å². The molecule has 0 aliphatic carbocycles. The molecule has 6 heteroatoms. The van der Waals surface area contributed by atoms with Crippen molar-refractivity contribution >= 4 is 43.1 Å². The summed E-state index contributed by atoms with van der Waals surface area (Å²) in [6, 6.07) is 15.9. The molecule has 1 heterocycles. The molecule has 0 unspecified atom stereocenters. The quantitative estimate of drug-likeness (QED) is 0.493. The topological polar surface area (TPSA) is 78.1 Å². The summed E-state index contributed by atoms with van der Waals surface area (Å²) in [5.74, 6) is 0.145. The Kier molecular flexibility index (Phi) is 3.17. The van der Waals surface area contributed by atoms with Crippen LogP contribution in [0.3, 0.4) is 0 Å². The molecule has 0 aliphatic heterocycles. The minimum absolute atomic E-state index is 0.0525. The van der Waals surface area contributed by atoms with E-state index in [1.165, 1.54) is 17.4 Å². The van der Waals surface area contributed by atoms with Crippen LogP contribution in [0.25, 0.3) is 21.0 Å². The number of azo groups is 1. The highest BCUT2D eigenvalue weighted by Gasteiger charge is 2.09. The third kappa shape index (κ3) is 2.39. The first-order valence-electron chi connectivity index (χ1n) is 6.93. The lowest BCUT2D eigenvalue weighted by Crippen LogP contribution is -1.76. The van der Waals surface area contributed by atoms with Gasteiger partial charge in [-0.25, -0.2) is 4.98 Å². The monoisotopic (exact) mass is 321 g/mol. The van der Waals surface area contributed by atoms with Crippen LogP contribution in [0.1, 0.15) is 0 Å². The maximum atomic E-state index is 10.1. The first-order chi connectivity index (χ1) is 11.2. The molecule has 2 N–H and O–H groups in total. The molecule has 0 amide bonds. The Morgan fingerprint density at radius 2 is 1.70 bits per heavy atom. The zero-order valence-electron chi connectivity index (χ0n) is 11.8. The average Bonchev–Trinajstić information content (AvgIpc) is 2.98. The van der Waals surface area contributed by atoms with Gasteiger partial charge in [-0.15, -0.1) is 10.2 Å². The van der Waals surface area contributed by atoms with Crippen molar-refractivity contribution in [2.24, 2.45) is 10.2 Å². The van der Waals surface area contributed by atoms with Crippen molar-refractivity contribution in [1.82, 2.24) is 4.98 Å². The first-order valence-corrected chi connectivity index (χ1v) is 7.75. The third-order valence-corrected chi connectivity index (χ3v) is 4.42. The van der Waals surface area contributed by atoms with E-state index in [2.05, 4.69) is 15.2 Å². The minimum Gasteiger partial charge on any atom is -0.507 e. The van der Waals surface area contributed by atoms with Gasteiger partial charge >= 0.3 is 0 Å². The smallest absolute Gasteiger partial charge is 0.231 e. The summed E-state index contributed by atoms with van der Waals surface area (Å²) in [5.41, 5.74) is 1.36. The highest BCUT2D eigenvalue weighted by molar-refractivity contribution is 7.21. The molecular weight excluding hydrogens is 310 g/mol. The molecule has 112 valence electrons. The number of phenolic OH excluding ortho intramolecular Hbond substituents is 2. The van der Waals surface area contributed by atoms with Crippen LogP contribution in [0, 0.1) is 0 Å². The number of para-hydroxylation sites is 1. The summed E-state index contributed by atoms with van der Waals surface area (Å²) in [5, 5.41) is 29.9. The molecular formula is C17H11N3O2S. The molecule has 1 aromatic heterocycles. The van der Waals surface area contributed by atoms with Crippen LogP contribution in [0.4, 0.5) is 10.8 Å². The second kappa shape index (κ2) is 5.33. The fraction of sp³-hybridized carbons (Fsp3) is 0. The Labute approximate surface area is 135 Å². The van der Waals surface area contributed by atoms with Crippen molar-refractivity contribution in [2.45, 2.75) is 0 Å². The average molecular weight is 321 g/mol. The largest absolute Gasteiger partial charge is 0.507 e. The SMILES string of the molecule is Oc1ccc(N=Nc2nc3ccccc3s2)c2c(O)cccc12. The van der Waals surface area contributed by atoms with Gasteiger partial charge in [0.1, 0.15) is 11.5 Å². The number of hydrogen-bond donors (Lipinski definition) is 2. The summed E-state index contributed by atoms with van der Waals surface area (Å²) in [6.45, 7) is 0. The molecule has 5 nitrogen and oxygen atoms in total. The Hall–Kier alpha value is -2.99. The number of hydrogen-bond acceptors (Lipinski definition) is 6. The summed E-state index contributed by atoms with van der Waals surface area (Å²) in [6.07, 6.45) is 0. The van der Waals surface area contributed by atoms with Crippen LogP contribution in [-0.4, -0.2) is 15.2 Å². The van der Waals surface area contributed by atoms with E-state index in [1.807, 2.05) is 24.3 Å². The molecule has 0 bridgehead atoms. The number of thiazole rings is 1. The van der Waals surface area contributed by atoms with Crippen LogP contribution in [-0.2, 0) is 0 Å². The lowest BCUT2D eigenvalue weighted by Gasteiger charge is -2.05. The molecule has 0 aliphatic rings. The van der Waals surface area contributed by atoms with Gasteiger partial charge in [-0.05, 0) is 30.3 Å². The predicted octanol–water partition coefficient (Wildman–Crippen LogP) is 5.28. The van der Waals surface area contributed by atoms with Crippen LogP contribution in [0.15, 0.2) is 64.8 Å². The second-order valence-corrected chi connectivity index (χ2v) is 5.98. The third-order valence-electron chi connectivity index (χ3n) is 3.50. The van der Waals surface area contributed by atoms with E-state index in [9.17, 15) is 10.2 Å². The van der Waals surface area contributed by atoms with Gasteiger partial charge in [0.15, 0.2) is 0 Å². The molecule has 0 saturated carbocycles. The lowest BCUT2D eigenvalue weighted by molar-refractivity contribution is 0.475. The summed E-state index contributed by atoms with van der Waals surface area (Å²) in [7, 11) is 0. The van der Waals surface area contributed by atoms with Crippen molar-refractivity contribution < 1.29 is 10.2 Å². The highest BCUT2D eigenvalue weighted by Crippen LogP contribution is 2.39. The molecule has 0 radical (unpaired) electrons. The standard InChI is InChI=1S/C17H11N3O2S/c21-13-9-8-12(16-10(13)4-3-6-14(16)22)19-20-17-18-11-5-1-2-7-15(11)23-17/h1-9,21-22H. The van der Waals surface area contributed by atoms with Gasteiger partial charge < -0.3 is 10.2 Å². The molecule has 0 saturated heterocycles. The number of phenols is 2. The summed E-state index contributed by atoms with van der Waals surface area (Å²) in [4.78, 5) is 4.39. The number of rotatable bonds is 2. The number of fused-ring (bicyclic) bond motifs is 2. The van der Waals surface area contributed by atoms with Crippen molar-refractivity contribution in [2.75, 3.05) is 0 Å². The van der Waals surface area contributed by atoms with Gasteiger partial charge in [0.25, 0.3) is 0 Å². The molecule has 3 aromatic carbocycles. The molecule has 4 aromatic rings. The van der Waals surface area contributed by atoms with Gasteiger partial charge in [-0.1, -0.05) is 35.6 Å². The zero-order chi connectivity index (χ0) is 15.8. The van der Waals surface area contributed by atoms with Gasteiger partial charge in [-0.2, -0.15) is 0 Å². The minimum atomic E-state index is 0.0525.